The number of halogens is 2. The van der Waals surface area contributed by atoms with Gasteiger partial charge in [0.2, 0.25) is 5.91 Å². The molecule has 2 aliphatic rings. The highest BCUT2D eigenvalue weighted by atomic mass is 35.5. The molecule has 1 aliphatic carbocycles. The average Bonchev–Trinajstić information content (AvgIpc) is 2.60. The Labute approximate surface area is 175 Å². The van der Waals surface area contributed by atoms with Gasteiger partial charge in [0.25, 0.3) is 0 Å². The number of nitrogens with two attached hydrogens (primary N) is 1. The highest BCUT2D eigenvalue weighted by Gasteiger charge is 2.37. The smallest absolute Gasteiger partial charge is 0.225 e. The standard InChI is InChI=1S/C20H32N4O.2ClH/c1-15-8-11-24(12-9-15)18-7-6-16(13-22-18)14-23-19(25)17-5-3-4-10-20(17,2)21;;/h6-7,13,15,17H,3-5,8-12,14,21H2,1-2H3,(H,23,25);2*1H. The van der Waals surface area contributed by atoms with Gasteiger partial charge in [-0.05, 0) is 50.2 Å². The van der Waals surface area contributed by atoms with Crippen molar-refractivity contribution >= 4 is 36.5 Å². The van der Waals surface area contributed by atoms with Crippen LogP contribution in [-0.2, 0) is 11.3 Å². The van der Waals surface area contributed by atoms with Crippen molar-refractivity contribution in [3.05, 3.63) is 23.9 Å². The number of carbonyl (C=O) groups excluding carboxylic acids is 1. The number of anilines is 1. The van der Waals surface area contributed by atoms with Gasteiger partial charge in [-0.2, -0.15) is 0 Å². The molecule has 27 heavy (non-hydrogen) atoms. The summed E-state index contributed by atoms with van der Waals surface area (Å²) in [6, 6.07) is 4.15. The van der Waals surface area contributed by atoms with E-state index < -0.39 is 0 Å². The molecular formula is C20H34Cl2N4O. The van der Waals surface area contributed by atoms with Crippen molar-refractivity contribution in [3.63, 3.8) is 0 Å². The molecule has 3 N–H and O–H groups in total. The number of nitrogens with zero attached hydrogens (tertiary/aromatic N) is 2. The van der Waals surface area contributed by atoms with Crippen molar-refractivity contribution < 1.29 is 4.79 Å². The molecule has 3 rings (SSSR count). The van der Waals surface area contributed by atoms with Crippen LogP contribution in [-0.4, -0.2) is 29.5 Å². The van der Waals surface area contributed by atoms with Gasteiger partial charge < -0.3 is 16.0 Å². The summed E-state index contributed by atoms with van der Waals surface area (Å²) in [5.74, 6) is 1.87. The lowest BCUT2D eigenvalue weighted by Gasteiger charge is -2.37. The Morgan fingerprint density at radius 2 is 1.96 bits per heavy atom. The predicted molar refractivity (Wildman–Crippen MR) is 116 cm³/mol. The quantitative estimate of drug-likeness (QED) is 0.784. The molecule has 1 saturated heterocycles. The van der Waals surface area contributed by atoms with Gasteiger partial charge >= 0.3 is 0 Å². The number of carbonyl (C=O) groups is 1. The Morgan fingerprint density at radius 3 is 2.56 bits per heavy atom. The van der Waals surface area contributed by atoms with E-state index in [4.69, 9.17) is 5.73 Å². The zero-order valence-electron chi connectivity index (χ0n) is 16.4. The number of hydrogen-bond donors (Lipinski definition) is 2. The topological polar surface area (TPSA) is 71.2 Å². The molecule has 2 heterocycles. The zero-order valence-corrected chi connectivity index (χ0v) is 18.1. The molecule has 1 aromatic rings. The number of piperidine rings is 1. The molecule has 0 aromatic carbocycles. The Bertz CT molecular complexity index is 586. The second-order valence-corrected chi connectivity index (χ2v) is 8.22. The Morgan fingerprint density at radius 1 is 1.26 bits per heavy atom. The number of rotatable bonds is 4. The highest BCUT2D eigenvalue weighted by Crippen LogP contribution is 2.31. The van der Waals surface area contributed by atoms with E-state index in [1.807, 2.05) is 13.1 Å². The number of amides is 1. The van der Waals surface area contributed by atoms with Crippen molar-refractivity contribution in [2.24, 2.45) is 17.6 Å². The lowest BCUT2D eigenvalue weighted by molar-refractivity contribution is -0.128. The van der Waals surface area contributed by atoms with Crippen LogP contribution in [0.25, 0.3) is 0 Å². The Kier molecular flexibility index (Phi) is 9.32. The predicted octanol–water partition coefficient (Wildman–Crippen LogP) is 3.69. The van der Waals surface area contributed by atoms with Crippen molar-refractivity contribution in [2.45, 2.75) is 64.5 Å². The maximum absolute atomic E-state index is 12.5. The van der Waals surface area contributed by atoms with E-state index in [1.165, 1.54) is 12.8 Å². The first-order valence-corrected chi connectivity index (χ1v) is 9.72. The molecular weight excluding hydrogens is 383 g/mol. The second-order valence-electron chi connectivity index (χ2n) is 8.22. The zero-order chi connectivity index (χ0) is 17.9. The summed E-state index contributed by atoms with van der Waals surface area (Å²) in [7, 11) is 0. The summed E-state index contributed by atoms with van der Waals surface area (Å²) in [6.07, 6.45) is 8.39. The monoisotopic (exact) mass is 416 g/mol. The lowest BCUT2D eigenvalue weighted by atomic mass is 9.74. The maximum atomic E-state index is 12.5. The van der Waals surface area contributed by atoms with Crippen molar-refractivity contribution in [1.82, 2.24) is 10.3 Å². The maximum Gasteiger partial charge on any atom is 0.225 e. The fourth-order valence-electron chi connectivity index (χ4n) is 4.05. The van der Waals surface area contributed by atoms with E-state index in [-0.39, 0.29) is 42.2 Å². The molecule has 154 valence electrons. The van der Waals surface area contributed by atoms with Crippen molar-refractivity contribution in [1.29, 1.82) is 0 Å². The third-order valence-electron chi connectivity index (χ3n) is 5.95. The summed E-state index contributed by atoms with van der Waals surface area (Å²) in [4.78, 5) is 19.5. The summed E-state index contributed by atoms with van der Waals surface area (Å²) in [5, 5.41) is 3.06. The third kappa shape index (κ3) is 6.23. The average molecular weight is 417 g/mol. The SMILES string of the molecule is CC1CCN(c2ccc(CNC(=O)C3CCCCC3(C)N)cn2)CC1.Cl.Cl. The van der Waals surface area contributed by atoms with E-state index >= 15 is 0 Å². The summed E-state index contributed by atoms with van der Waals surface area (Å²) >= 11 is 0. The fraction of sp³-hybridized carbons (Fsp3) is 0.700. The van der Waals surface area contributed by atoms with Gasteiger partial charge in [-0.25, -0.2) is 4.98 Å². The van der Waals surface area contributed by atoms with Gasteiger partial charge in [-0.1, -0.05) is 25.8 Å². The molecule has 2 atom stereocenters. The third-order valence-corrected chi connectivity index (χ3v) is 5.95. The molecule has 1 aliphatic heterocycles. The van der Waals surface area contributed by atoms with Crippen LogP contribution in [0.15, 0.2) is 18.3 Å². The minimum atomic E-state index is -0.379. The van der Waals surface area contributed by atoms with E-state index in [0.29, 0.717) is 6.54 Å². The van der Waals surface area contributed by atoms with Gasteiger partial charge in [-0.15, -0.1) is 24.8 Å². The molecule has 1 amide bonds. The van der Waals surface area contributed by atoms with E-state index in [2.05, 4.69) is 34.3 Å². The number of aromatic nitrogens is 1. The summed E-state index contributed by atoms with van der Waals surface area (Å²) in [6.45, 7) is 7.01. The van der Waals surface area contributed by atoms with Gasteiger partial charge in [0, 0.05) is 31.4 Å². The molecule has 5 nitrogen and oxygen atoms in total. The van der Waals surface area contributed by atoms with Gasteiger partial charge in [0.15, 0.2) is 0 Å². The van der Waals surface area contributed by atoms with Gasteiger partial charge in [0.1, 0.15) is 5.82 Å². The van der Waals surface area contributed by atoms with Gasteiger partial charge in [0.05, 0.1) is 5.92 Å². The van der Waals surface area contributed by atoms with Crippen LogP contribution in [0, 0.1) is 11.8 Å². The second kappa shape index (κ2) is 10.5. The molecule has 0 bridgehead atoms. The van der Waals surface area contributed by atoms with E-state index in [1.54, 1.807) is 0 Å². The summed E-state index contributed by atoms with van der Waals surface area (Å²) in [5.41, 5.74) is 6.99. The Hall–Kier alpha value is -1.04. The minimum Gasteiger partial charge on any atom is -0.357 e. The first kappa shape index (κ1) is 24.0. The molecule has 7 heteroatoms. The summed E-state index contributed by atoms with van der Waals surface area (Å²) < 4.78 is 0. The van der Waals surface area contributed by atoms with Crippen LogP contribution in [0.5, 0.6) is 0 Å². The van der Waals surface area contributed by atoms with Crippen molar-refractivity contribution in [2.75, 3.05) is 18.0 Å². The minimum absolute atomic E-state index is 0. The van der Waals surface area contributed by atoms with Gasteiger partial charge in [-0.3, -0.25) is 4.79 Å². The molecule has 2 unspecified atom stereocenters. The number of hydrogen-bond acceptors (Lipinski definition) is 4. The van der Waals surface area contributed by atoms with Crippen LogP contribution >= 0.6 is 24.8 Å². The fourth-order valence-corrected chi connectivity index (χ4v) is 4.05. The van der Waals surface area contributed by atoms with Crippen LogP contribution in [0.1, 0.15) is 57.9 Å². The highest BCUT2D eigenvalue weighted by molar-refractivity contribution is 5.85. The van der Waals surface area contributed by atoms with Crippen LogP contribution in [0.2, 0.25) is 0 Å². The molecule has 0 radical (unpaired) electrons. The number of pyridine rings is 1. The lowest BCUT2D eigenvalue weighted by Crippen LogP contribution is -2.52. The Balaban J connectivity index is 0.00000182. The van der Waals surface area contributed by atoms with E-state index in [9.17, 15) is 4.79 Å². The van der Waals surface area contributed by atoms with E-state index in [0.717, 1.165) is 56.1 Å². The molecule has 1 aromatic heterocycles. The molecule has 2 fully saturated rings. The molecule has 0 spiro atoms. The van der Waals surface area contributed by atoms with Crippen LogP contribution in [0.4, 0.5) is 5.82 Å². The normalized spacial score (nSPS) is 25.9. The first-order valence-electron chi connectivity index (χ1n) is 9.72. The van der Waals surface area contributed by atoms with Crippen molar-refractivity contribution in [3.8, 4) is 0 Å². The van der Waals surface area contributed by atoms with Crippen LogP contribution in [0.3, 0.4) is 0 Å². The number of nitrogens with one attached hydrogen (secondary N) is 1. The first-order chi connectivity index (χ1) is 12.0. The molecule has 1 saturated carbocycles. The largest absolute Gasteiger partial charge is 0.357 e. The van der Waals surface area contributed by atoms with Crippen LogP contribution < -0.4 is 16.0 Å².